The Labute approximate surface area is 214 Å². The molecule has 1 aliphatic heterocycles. The summed E-state index contributed by atoms with van der Waals surface area (Å²) in [6, 6.07) is 11.9. The number of aromatic amines is 1. The second kappa shape index (κ2) is 9.28. The van der Waals surface area contributed by atoms with Crippen LogP contribution in [0.4, 0.5) is 0 Å². The summed E-state index contributed by atoms with van der Waals surface area (Å²) in [5, 5.41) is 21.1. The quantitative estimate of drug-likeness (QED) is 0.351. The van der Waals surface area contributed by atoms with Crippen LogP contribution < -0.4 is 0 Å². The number of amides is 1. The molecule has 1 aliphatic rings. The van der Waals surface area contributed by atoms with Crippen LogP contribution in [0, 0.1) is 6.92 Å². The summed E-state index contributed by atoms with van der Waals surface area (Å²) in [7, 11) is 0. The predicted octanol–water partition coefficient (Wildman–Crippen LogP) is 5.02. The lowest BCUT2D eigenvalue weighted by Gasteiger charge is -2.24. The van der Waals surface area contributed by atoms with E-state index in [9.17, 15) is 9.90 Å². The fraction of sp³-hybridized carbons (Fsp3) is 0.320. The van der Waals surface area contributed by atoms with Crippen LogP contribution in [0.2, 0.25) is 0 Å². The van der Waals surface area contributed by atoms with E-state index >= 15 is 0 Å². The average Bonchev–Trinajstić information content (AvgIpc) is 3.40. The lowest BCUT2D eigenvalue weighted by Crippen LogP contribution is -2.34. The van der Waals surface area contributed by atoms with Gasteiger partial charge in [-0.15, -0.1) is 5.10 Å². The summed E-state index contributed by atoms with van der Waals surface area (Å²) >= 11 is 7.04. The Bertz CT molecular complexity index is 1360. The number of halogens is 2. The summed E-state index contributed by atoms with van der Waals surface area (Å²) in [5.74, 6) is 0.0688. The number of carbonyl (C=O) groups excluding carboxylic acids is 1. The molecule has 2 N–H and O–H groups in total. The maximum atomic E-state index is 13.1. The van der Waals surface area contributed by atoms with Crippen LogP contribution in [0.5, 0.6) is 0 Å². The van der Waals surface area contributed by atoms with Gasteiger partial charge in [-0.25, -0.2) is 4.68 Å². The molecule has 4 aromatic rings. The van der Waals surface area contributed by atoms with Crippen LogP contribution in [0.15, 0.2) is 57.7 Å². The smallest absolute Gasteiger partial charge is 0.227 e. The maximum absolute atomic E-state index is 13.1. The molecule has 0 aliphatic carbocycles. The molecule has 2 aromatic carbocycles. The van der Waals surface area contributed by atoms with E-state index in [2.05, 4.69) is 47.2 Å². The first-order valence-electron chi connectivity index (χ1n) is 11.3. The Morgan fingerprint density at radius 1 is 1.21 bits per heavy atom. The van der Waals surface area contributed by atoms with E-state index in [-0.39, 0.29) is 5.91 Å². The van der Waals surface area contributed by atoms with Crippen molar-refractivity contribution in [1.29, 1.82) is 0 Å². The molecule has 3 heterocycles. The minimum Gasteiger partial charge on any atom is -0.383 e. The summed E-state index contributed by atoms with van der Waals surface area (Å²) in [6.45, 7) is 3.11. The van der Waals surface area contributed by atoms with Gasteiger partial charge in [-0.1, -0.05) is 33.3 Å². The molecule has 1 atom stereocenters. The van der Waals surface area contributed by atoms with Crippen molar-refractivity contribution in [3.63, 3.8) is 0 Å². The van der Waals surface area contributed by atoms with Gasteiger partial charge in [0.2, 0.25) is 5.91 Å². The zero-order valence-corrected chi connectivity index (χ0v) is 21.9. The zero-order valence-electron chi connectivity index (χ0n) is 18.8. The lowest BCUT2D eigenvalue weighted by atomic mass is 9.92. The van der Waals surface area contributed by atoms with E-state index in [4.69, 9.17) is 0 Å². The van der Waals surface area contributed by atoms with E-state index in [0.29, 0.717) is 44.5 Å². The number of carbonyl (C=O) groups is 1. The number of aryl methyl sites for hydroxylation is 1. The van der Waals surface area contributed by atoms with Gasteiger partial charge in [0, 0.05) is 33.6 Å². The van der Waals surface area contributed by atoms with E-state index in [1.165, 1.54) is 0 Å². The number of nitrogens with zero attached hydrogens (tertiary/aromatic N) is 4. The molecule has 176 valence electrons. The number of rotatable bonds is 4. The van der Waals surface area contributed by atoms with Crippen LogP contribution in [-0.4, -0.2) is 49.0 Å². The molecule has 7 nitrogen and oxygen atoms in total. The van der Waals surface area contributed by atoms with Crippen molar-refractivity contribution in [1.82, 2.24) is 24.9 Å². The number of aliphatic hydroxyl groups is 1. The summed E-state index contributed by atoms with van der Waals surface area (Å²) < 4.78 is 3.69. The number of benzene rings is 2. The number of hydrogen-bond acceptors (Lipinski definition) is 4. The second-order valence-corrected chi connectivity index (χ2v) is 10.7. The topological polar surface area (TPSA) is 87.0 Å². The van der Waals surface area contributed by atoms with E-state index in [0.717, 1.165) is 36.7 Å². The number of fused-ring (bicyclic) bond motifs is 1. The van der Waals surface area contributed by atoms with Crippen LogP contribution in [0.3, 0.4) is 0 Å². The Morgan fingerprint density at radius 2 is 2.06 bits per heavy atom. The largest absolute Gasteiger partial charge is 0.383 e. The van der Waals surface area contributed by atoms with Crippen molar-refractivity contribution in [3.8, 4) is 5.69 Å². The highest BCUT2D eigenvalue weighted by Crippen LogP contribution is 2.33. The van der Waals surface area contributed by atoms with E-state index in [1.807, 2.05) is 54.4 Å². The summed E-state index contributed by atoms with van der Waals surface area (Å²) in [5.41, 5.74) is 3.39. The Kier molecular flexibility index (Phi) is 6.35. The number of para-hydroxylation sites is 1. The molecule has 9 heteroatoms. The SMILES string of the molecule is Cc1cc(Br)ccc1-n1cc(C2(O)CCCN(C(=O)Cc3c[nH]c4c(Br)cccc34)CC2)nn1. The molecule has 34 heavy (non-hydrogen) atoms. The van der Waals surface area contributed by atoms with Gasteiger partial charge in [0.15, 0.2) is 0 Å². The highest BCUT2D eigenvalue weighted by atomic mass is 79.9. The van der Waals surface area contributed by atoms with Gasteiger partial charge in [-0.3, -0.25) is 4.79 Å². The first-order chi connectivity index (χ1) is 16.3. The van der Waals surface area contributed by atoms with Crippen molar-refractivity contribution in [2.24, 2.45) is 0 Å². The fourth-order valence-electron chi connectivity index (χ4n) is 4.69. The highest BCUT2D eigenvalue weighted by Gasteiger charge is 2.36. The normalized spacial score (nSPS) is 18.9. The van der Waals surface area contributed by atoms with Gasteiger partial charge in [0.1, 0.15) is 11.3 Å². The van der Waals surface area contributed by atoms with Gasteiger partial charge in [0.05, 0.1) is 23.8 Å². The number of hydrogen-bond donors (Lipinski definition) is 2. The van der Waals surface area contributed by atoms with Gasteiger partial charge < -0.3 is 15.0 Å². The van der Waals surface area contributed by atoms with Crippen molar-refractivity contribution < 1.29 is 9.90 Å². The minimum atomic E-state index is -1.11. The Morgan fingerprint density at radius 3 is 2.88 bits per heavy atom. The van der Waals surface area contributed by atoms with Gasteiger partial charge in [-0.2, -0.15) is 0 Å². The molecule has 5 rings (SSSR count). The summed E-state index contributed by atoms with van der Waals surface area (Å²) in [4.78, 5) is 18.2. The van der Waals surface area contributed by atoms with Crippen LogP contribution in [-0.2, 0) is 16.8 Å². The first-order valence-corrected chi connectivity index (χ1v) is 12.9. The predicted molar refractivity (Wildman–Crippen MR) is 138 cm³/mol. The number of H-pyrrole nitrogens is 1. The number of likely N-dealkylation sites (tertiary alicyclic amines) is 1. The molecule has 0 bridgehead atoms. The monoisotopic (exact) mass is 585 g/mol. The number of aromatic nitrogens is 4. The molecule has 0 saturated carbocycles. The zero-order chi connectivity index (χ0) is 23.9. The van der Waals surface area contributed by atoms with Crippen molar-refractivity contribution in [2.75, 3.05) is 13.1 Å². The molecule has 1 amide bonds. The molecular weight excluding hydrogens is 562 g/mol. The van der Waals surface area contributed by atoms with Crippen molar-refractivity contribution in [3.05, 3.63) is 74.6 Å². The molecular formula is C25H25Br2N5O2. The fourth-order valence-corrected chi connectivity index (χ4v) is 5.65. The van der Waals surface area contributed by atoms with Gasteiger partial charge >= 0.3 is 0 Å². The molecule has 1 unspecified atom stereocenters. The second-order valence-electron chi connectivity index (χ2n) is 8.90. The Balaban J connectivity index is 1.30. The van der Waals surface area contributed by atoms with Gasteiger partial charge in [-0.05, 0) is 77.5 Å². The molecule has 0 radical (unpaired) electrons. The van der Waals surface area contributed by atoms with Crippen LogP contribution in [0.25, 0.3) is 16.6 Å². The number of nitrogens with one attached hydrogen (secondary N) is 1. The van der Waals surface area contributed by atoms with Crippen molar-refractivity contribution in [2.45, 2.75) is 38.2 Å². The Hall–Kier alpha value is -2.49. The van der Waals surface area contributed by atoms with E-state index in [1.54, 1.807) is 10.9 Å². The standard InChI is InChI=1S/C25H25Br2N5O2/c1-16-12-18(26)6-7-21(16)32-15-22(29-30-32)25(34)8-3-10-31(11-9-25)23(33)13-17-14-28-24-19(17)4-2-5-20(24)27/h2,4-7,12,14-15,28,34H,3,8-11,13H2,1H3. The molecule has 0 spiro atoms. The molecule has 1 fully saturated rings. The van der Waals surface area contributed by atoms with Gasteiger partial charge in [0.25, 0.3) is 0 Å². The third-order valence-electron chi connectivity index (χ3n) is 6.63. The lowest BCUT2D eigenvalue weighted by molar-refractivity contribution is -0.130. The summed E-state index contributed by atoms with van der Waals surface area (Å²) in [6.07, 6.45) is 5.70. The first kappa shape index (κ1) is 23.3. The molecule has 2 aromatic heterocycles. The third-order valence-corrected chi connectivity index (χ3v) is 7.79. The molecule has 1 saturated heterocycles. The van der Waals surface area contributed by atoms with Crippen LogP contribution >= 0.6 is 31.9 Å². The maximum Gasteiger partial charge on any atom is 0.227 e. The average molecular weight is 587 g/mol. The van der Waals surface area contributed by atoms with Crippen molar-refractivity contribution >= 4 is 48.7 Å². The minimum absolute atomic E-state index is 0.0688. The van der Waals surface area contributed by atoms with Crippen LogP contribution in [0.1, 0.15) is 36.1 Å². The highest BCUT2D eigenvalue weighted by molar-refractivity contribution is 9.11. The third kappa shape index (κ3) is 4.44. The van der Waals surface area contributed by atoms with E-state index < -0.39 is 5.60 Å².